The van der Waals surface area contributed by atoms with E-state index in [0.717, 1.165) is 16.9 Å². The summed E-state index contributed by atoms with van der Waals surface area (Å²) < 4.78 is 2.08. The summed E-state index contributed by atoms with van der Waals surface area (Å²) in [7, 11) is 0. The van der Waals surface area contributed by atoms with Crippen molar-refractivity contribution < 1.29 is 14.4 Å². The number of benzene rings is 2. The van der Waals surface area contributed by atoms with Gasteiger partial charge in [0.05, 0.1) is 35.2 Å². The molecule has 3 N–H and O–H groups in total. The number of hydrogen-bond donors (Lipinski definition) is 3. The molecule has 1 atom stereocenters. The predicted molar refractivity (Wildman–Crippen MR) is 113 cm³/mol. The van der Waals surface area contributed by atoms with Gasteiger partial charge in [0.15, 0.2) is 0 Å². The minimum atomic E-state index is -0.950. The minimum absolute atomic E-state index is 0.159. The van der Waals surface area contributed by atoms with E-state index in [0.29, 0.717) is 11.3 Å². The fourth-order valence-corrected chi connectivity index (χ4v) is 3.69. The van der Waals surface area contributed by atoms with Gasteiger partial charge >= 0.3 is 0 Å². The number of hydrogen-bond acceptors (Lipinski definition) is 4. The Morgan fingerprint density at radius 1 is 1.13 bits per heavy atom. The minimum Gasteiger partial charge on any atom is -0.349 e. The smallest absolute Gasteiger partial charge is 0.254 e. The lowest BCUT2D eigenvalue weighted by Crippen LogP contribution is -2.44. The van der Waals surface area contributed by atoms with E-state index in [4.69, 9.17) is 0 Å². The Balaban J connectivity index is 1.45. The van der Waals surface area contributed by atoms with Crippen molar-refractivity contribution in [2.45, 2.75) is 38.9 Å². The van der Waals surface area contributed by atoms with Crippen LogP contribution in [0.2, 0.25) is 0 Å². The molecule has 0 saturated heterocycles. The molecule has 4 rings (SSSR count). The van der Waals surface area contributed by atoms with Gasteiger partial charge in [-0.25, -0.2) is 4.98 Å². The van der Waals surface area contributed by atoms with Crippen LogP contribution in [-0.2, 0) is 16.1 Å². The van der Waals surface area contributed by atoms with E-state index < -0.39 is 11.9 Å². The van der Waals surface area contributed by atoms with Gasteiger partial charge in [0.25, 0.3) is 5.91 Å². The molecule has 0 radical (unpaired) electrons. The third-order valence-corrected chi connectivity index (χ3v) is 5.07. The molecular formula is C22H23N5O3. The van der Waals surface area contributed by atoms with Crippen molar-refractivity contribution in [3.8, 4) is 0 Å². The van der Waals surface area contributed by atoms with E-state index in [1.165, 1.54) is 0 Å². The van der Waals surface area contributed by atoms with Gasteiger partial charge in [-0.05, 0) is 38.1 Å². The molecule has 0 spiro atoms. The van der Waals surface area contributed by atoms with Gasteiger partial charge in [-0.3, -0.25) is 14.4 Å². The Hall–Kier alpha value is -3.68. The summed E-state index contributed by atoms with van der Waals surface area (Å²) in [5.74, 6) is -0.411. The number of amides is 3. The number of nitrogens with one attached hydrogen (secondary N) is 3. The number of fused-ring (bicyclic) bond motifs is 2. The van der Waals surface area contributed by atoms with Gasteiger partial charge in [0, 0.05) is 6.04 Å². The highest BCUT2D eigenvalue weighted by Crippen LogP contribution is 2.21. The molecule has 1 aromatic heterocycles. The molecule has 154 valence electrons. The molecule has 3 amide bonds. The van der Waals surface area contributed by atoms with Crippen LogP contribution >= 0.6 is 0 Å². The van der Waals surface area contributed by atoms with Crippen molar-refractivity contribution in [1.29, 1.82) is 0 Å². The molecule has 8 heteroatoms. The maximum atomic E-state index is 12.5. The molecule has 3 aromatic rings. The molecule has 1 unspecified atom stereocenters. The zero-order valence-electron chi connectivity index (χ0n) is 16.8. The van der Waals surface area contributed by atoms with Crippen LogP contribution in [0.15, 0.2) is 48.5 Å². The van der Waals surface area contributed by atoms with Gasteiger partial charge in [-0.15, -0.1) is 0 Å². The summed E-state index contributed by atoms with van der Waals surface area (Å²) in [5.41, 5.74) is 2.68. The summed E-state index contributed by atoms with van der Waals surface area (Å²) >= 11 is 0. The Kier molecular flexibility index (Phi) is 5.22. The van der Waals surface area contributed by atoms with Crippen LogP contribution in [0.25, 0.3) is 11.0 Å². The maximum Gasteiger partial charge on any atom is 0.254 e. The molecule has 1 aliphatic heterocycles. The predicted octanol–water partition coefficient (Wildman–Crippen LogP) is 2.37. The van der Waals surface area contributed by atoms with Crippen molar-refractivity contribution in [3.05, 3.63) is 59.9 Å². The standard InChI is InChI=1S/C22H23N5O3/c1-13(2)27-18-10-6-5-9-16(18)24-19(27)12-23-20(28)11-17-22(30)25-15-8-4-3-7-14(15)21(29)26-17/h3-10,13,17H,11-12H2,1-2H3,(H,23,28)(H,25,30)(H,26,29). The van der Waals surface area contributed by atoms with Crippen LogP contribution < -0.4 is 16.0 Å². The fourth-order valence-electron chi connectivity index (χ4n) is 3.69. The number of aromatic nitrogens is 2. The lowest BCUT2D eigenvalue weighted by atomic mass is 10.1. The highest BCUT2D eigenvalue weighted by Gasteiger charge is 2.29. The van der Waals surface area contributed by atoms with Crippen LogP contribution in [0.3, 0.4) is 0 Å². The first-order valence-corrected chi connectivity index (χ1v) is 9.87. The number of carbonyl (C=O) groups excluding carboxylic acids is 3. The Bertz CT molecular complexity index is 1130. The van der Waals surface area contributed by atoms with Gasteiger partial charge in [-0.2, -0.15) is 0 Å². The Morgan fingerprint density at radius 2 is 1.87 bits per heavy atom. The molecule has 2 aromatic carbocycles. The van der Waals surface area contributed by atoms with Crippen molar-refractivity contribution in [2.24, 2.45) is 0 Å². The number of anilines is 1. The number of nitrogens with zero attached hydrogens (tertiary/aromatic N) is 2. The summed E-state index contributed by atoms with van der Waals surface area (Å²) in [5, 5.41) is 8.16. The topological polar surface area (TPSA) is 105 Å². The van der Waals surface area contributed by atoms with E-state index in [-0.39, 0.29) is 30.8 Å². The van der Waals surface area contributed by atoms with Crippen LogP contribution in [0.5, 0.6) is 0 Å². The molecule has 0 fully saturated rings. The van der Waals surface area contributed by atoms with Gasteiger partial charge in [0.2, 0.25) is 11.8 Å². The quantitative estimate of drug-likeness (QED) is 0.606. The summed E-state index contributed by atoms with van der Waals surface area (Å²) in [6.07, 6.45) is -0.159. The second-order valence-corrected chi connectivity index (χ2v) is 7.52. The first-order valence-electron chi connectivity index (χ1n) is 9.87. The Morgan fingerprint density at radius 3 is 2.67 bits per heavy atom. The lowest BCUT2D eigenvalue weighted by Gasteiger charge is -2.16. The third kappa shape index (κ3) is 3.76. The molecule has 8 nitrogen and oxygen atoms in total. The van der Waals surface area contributed by atoms with Crippen molar-refractivity contribution >= 4 is 34.4 Å². The van der Waals surface area contributed by atoms with E-state index >= 15 is 0 Å². The van der Waals surface area contributed by atoms with Crippen LogP contribution in [-0.4, -0.2) is 33.3 Å². The van der Waals surface area contributed by atoms with Crippen LogP contribution in [0, 0.1) is 0 Å². The van der Waals surface area contributed by atoms with Crippen LogP contribution in [0.1, 0.15) is 42.5 Å². The second-order valence-electron chi connectivity index (χ2n) is 7.52. The highest BCUT2D eigenvalue weighted by molar-refractivity contribution is 6.10. The zero-order chi connectivity index (χ0) is 21.3. The van der Waals surface area contributed by atoms with Gasteiger partial charge in [0.1, 0.15) is 11.9 Å². The first-order chi connectivity index (χ1) is 14.4. The number of para-hydroxylation sites is 3. The molecular weight excluding hydrogens is 382 g/mol. The van der Waals surface area contributed by atoms with Crippen molar-refractivity contribution in [2.75, 3.05) is 5.32 Å². The summed E-state index contributed by atoms with van der Waals surface area (Å²) in [4.78, 5) is 42.0. The second kappa shape index (κ2) is 7.98. The molecule has 0 saturated carbocycles. The lowest BCUT2D eigenvalue weighted by molar-refractivity contribution is -0.125. The highest BCUT2D eigenvalue weighted by atomic mass is 16.2. The number of rotatable bonds is 5. The van der Waals surface area contributed by atoms with E-state index in [9.17, 15) is 14.4 Å². The normalized spacial score (nSPS) is 16.0. The zero-order valence-corrected chi connectivity index (χ0v) is 16.8. The summed E-state index contributed by atoms with van der Waals surface area (Å²) in [6.45, 7) is 4.35. The van der Waals surface area contributed by atoms with Gasteiger partial charge in [-0.1, -0.05) is 24.3 Å². The third-order valence-electron chi connectivity index (χ3n) is 5.07. The SMILES string of the molecule is CC(C)n1c(CNC(=O)CC2NC(=O)c3ccccc3NC2=O)nc2ccccc21. The maximum absolute atomic E-state index is 12.5. The Labute approximate surface area is 173 Å². The van der Waals surface area contributed by atoms with Crippen molar-refractivity contribution in [1.82, 2.24) is 20.2 Å². The monoisotopic (exact) mass is 405 g/mol. The average molecular weight is 405 g/mol. The molecule has 2 heterocycles. The molecule has 1 aliphatic rings. The van der Waals surface area contributed by atoms with Crippen LogP contribution in [0.4, 0.5) is 5.69 Å². The van der Waals surface area contributed by atoms with E-state index in [1.807, 2.05) is 24.3 Å². The largest absolute Gasteiger partial charge is 0.349 e. The summed E-state index contributed by atoms with van der Waals surface area (Å²) in [6, 6.07) is 13.8. The molecule has 0 bridgehead atoms. The van der Waals surface area contributed by atoms with E-state index in [1.54, 1.807) is 24.3 Å². The molecule has 30 heavy (non-hydrogen) atoms. The number of imidazole rings is 1. The fraction of sp³-hybridized carbons (Fsp3) is 0.273. The number of carbonyl (C=O) groups is 3. The van der Waals surface area contributed by atoms with Crippen molar-refractivity contribution in [3.63, 3.8) is 0 Å². The molecule has 0 aliphatic carbocycles. The van der Waals surface area contributed by atoms with Gasteiger partial charge < -0.3 is 20.5 Å². The first kappa shape index (κ1) is 19.6. The van der Waals surface area contributed by atoms with E-state index in [2.05, 4.69) is 39.3 Å². The average Bonchev–Trinajstić information content (AvgIpc) is 3.05.